The summed E-state index contributed by atoms with van der Waals surface area (Å²) in [4.78, 5) is 9.10. The molecule has 0 bridgehead atoms. The van der Waals surface area contributed by atoms with Gasteiger partial charge in [0.25, 0.3) is 0 Å². The van der Waals surface area contributed by atoms with Gasteiger partial charge in [0.1, 0.15) is 0 Å². The summed E-state index contributed by atoms with van der Waals surface area (Å²) in [5.74, 6) is 0. The van der Waals surface area contributed by atoms with Crippen molar-refractivity contribution in [2.24, 2.45) is 0 Å². The van der Waals surface area contributed by atoms with E-state index >= 15 is 0 Å². The van der Waals surface area contributed by atoms with Gasteiger partial charge >= 0.3 is 0 Å². The second-order valence-corrected chi connectivity index (χ2v) is 8.15. The largest absolute Gasteiger partial charge is 0.223 e. The van der Waals surface area contributed by atoms with E-state index in [4.69, 9.17) is 11.6 Å². The Morgan fingerprint density at radius 1 is 0.793 bits per heavy atom. The summed E-state index contributed by atoms with van der Waals surface area (Å²) in [7, 11) is 0. The molecule has 4 aromatic rings. The van der Waals surface area contributed by atoms with Crippen molar-refractivity contribution in [2.75, 3.05) is 0 Å². The summed E-state index contributed by atoms with van der Waals surface area (Å²) in [6, 6.07) is 19.1. The van der Waals surface area contributed by atoms with Gasteiger partial charge in [-0.3, -0.25) is 0 Å². The molecule has 3 heteroatoms. The third-order valence-corrected chi connectivity index (χ3v) is 6.40. The zero-order valence-electron chi connectivity index (χ0n) is 16.0. The number of aryl methyl sites for hydroxylation is 1. The zero-order valence-corrected chi connectivity index (χ0v) is 16.7. The number of halogens is 1. The van der Waals surface area contributed by atoms with Crippen LogP contribution in [0.5, 0.6) is 0 Å². The van der Waals surface area contributed by atoms with Gasteiger partial charge in [-0.05, 0) is 70.8 Å². The number of hydrogen-bond donors (Lipinski definition) is 0. The monoisotopic (exact) mass is 394 g/mol. The molecule has 29 heavy (non-hydrogen) atoms. The van der Waals surface area contributed by atoms with Gasteiger partial charge in [0.05, 0.1) is 11.2 Å². The third kappa shape index (κ3) is 2.63. The van der Waals surface area contributed by atoms with Gasteiger partial charge < -0.3 is 0 Å². The number of nitrogens with zero attached hydrogens (tertiary/aromatic N) is 2. The number of rotatable bonds is 1. The highest BCUT2D eigenvalue weighted by Crippen LogP contribution is 2.43. The van der Waals surface area contributed by atoms with E-state index in [1.165, 1.54) is 40.3 Å². The van der Waals surface area contributed by atoms with Crippen molar-refractivity contribution in [3.8, 4) is 11.3 Å². The summed E-state index contributed by atoms with van der Waals surface area (Å²) in [5.41, 5.74) is 8.78. The van der Waals surface area contributed by atoms with Crippen LogP contribution in [0.3, 0.4) is 0 Å². The molecule has 1 heterocycles. The maximum absolute atomic E-state index is 6.32. The maximum Gasteiger partial charge on any atom is 0.223 e. The lowest BCUT2D eigenvalue weighted by atomic mass is 9.78. The Morgan fingerprint density at radius 2 is 1.72 bits per heavy atom. The number of allylic oxidation sites excluding steroid dienone is 4. The standard InChI is InChI=1S/C26H19ClN2/c27-26-28-23-11-4-3-9-21(23)25(29-26)22-10-5-7-17-13-14-19-18-8-2-1-6-16(18)12-15-20(19)24(17)22/h2-5,7-11,13-14H,1,6,12,15H2. The summed E-state index contributed by atoms with van der Waals surface area (Å²) >= 11 is 6.32. The van der Waals surface area contributed by atoms with Gasteiger partial charge in [-0.1, -0.05) is 66.3 Å². The third-order valence-electron chi connectivity index (χ3n) is 6.23. The lowest BCUT2D eigenvalue weighted by molar-refractivity contribution is 0.831. The molecule has 1 aromatic heterocycles. The molecular weight excluding hydrogens is 376 g/mol. The van der Waals surface area contributed by atoms with E-state index in [0.717, 1.165) is 35.0 Å². The van der Waals surface area contributed by atoms with Crippen LogP contribution in [0.25, 0.3) is 38.5 Å². The summed E-state index contributed by atoms with van der Waals surface area (Å²) in [6.45, 7) is 0. The average molecular weight is 395 g/mol. The van der Waals surface area contributed by atoms with Crippen LogP contribution < -0.4 is 0 Å². The highest BCUT2D eigenvalue weighted by atomic mass is 35.5. The summed E-state index contributed by atoms with van der Waals surface area (Å²) in [6.07, 6.45) is 9.21. The molecule has 0 radical (unpaired) electrons. The minimum atomic E-state index is 0.292. The zero-order chi connectivity index (χ0) is 19.4. The molecule has 0 spiro atoms. The molecular formula is C26H19ClN2. The number of fused-ring (bicyclic) bond motifs is 5. The average Bonchev–Trinajstić information content (AvgIpc) is 2.77. The van der Waals surface area contributed by atoms with Crippen LogP contribution in [0.1, 0.15) is 30.4 Å². The quantitative estimate of drug-likeness (QED) is 0.320. The lowest BCUT2D eigenvalue weighted by Crippen LogP contribution is -2.07. The maximum atomic E-state index is 6.32. The van der Waals surface area contributed by atoms with Crippen molar-refractivity contribution in [2.45, 2.75) is 25.7 Å². The smallest absolute Gasteiger partial charge is 0.218 e. The Balaban J connectivity index is 1.70. The van der Waals surface area contributed by atoms with Crippen LogP contribution in [0.2, 0.25) is 5.28 Å². The molecule has 0 aliphatic heterocycles. The summed E-state index contributed by atoms with van der Waals surface area (Å²) < 4.78 is 0. The van der Waals surface area contributed by atoms with Crippen molar-refractivity contribution in [3.05, 3.63) is 88.7 Å². The van der Waals surface area contributed by atoms with E-state index in [0.29, 0.717) is 5.28 Å². The first-order chi connectivity index (χ1) is 14.3. The second-order valence-electron chi connectivity index (χ2n) is 7.81. The van der Waals surface area contributed by atoms with E-state index in [1.54, 1.807) is 5.57 Å². The minimum absolute atomic E-state index is 0.292. The first kappa shape index (κ1) is 16.9. The number of benzene rings is 3. The molecule has 0 saturated heterocycles. The molecule has 0 unspecified atom stereocenters. The minimum Gasteiger partial charge on any atom is -0.218 e. The Bertz CT molecular complexity index is 1360. The van der Waals surface area contributed by atoms with E-state index in [2.05, 4.69) is 58.5 Å². The topological polar surface area (TPSA) is 25.8 Å². The highest BCUT2D eigenvalue weighted by Gasteiger charge is 2.23. The second kappa shape index (κ2) is 6.53. The van der Waals surface area contributed by atoms with E-state index < -0.39 is 0 Å². The molecule has 0 atom stereocenters. The number of para-hydroxylation sites is 1. The molecule has 0 amide bonds. The molecule has 2 aliphatic rings. The number of aromatic nitrogens is 2. The molecule has 6 rings (SSSR count). The first-order valence-corrected chi connectivity index (χ1v) is 10.5. The fourth-order valence-corrected chi connectivity index (χ4v) is 5.12. The van der Waals surface area contributed by atoms with Crippen molar-refractivity contribution in [1.82, 2.24) is 9.97 Å². The van der Waals surface area contributed by atoms with Crippen molar-refractivity contribution in [1.29, 1.82) is 0 Å². The van der Waals surface area contributed by atoms with Crippen LogP contribution in [0, 0.1) is 0 Å². The van der Waals surface area contributed by atoms with Gasteiger partial charge in [-0.15, -0.1) is 0 Å². The van der Waals surface area contributed by atoms with E-state index in [1.807, 2.05) is 18.2 Å². The van der Waals surface area contributed by atoms with Gasteiger partial charge in [0.2, 0.25) is 5.28 Å². The van der Waals surface area contributed by atoms with Crippen LogP contribution in [-0.2, 0) is 6.42 Å². The van der Waals surface area contributed by atoms with Crippen molar-refractivity contribution in [3.63, 3.8) is 0 Å². The molecule has 2 nitrogen and oxygen atoms in total. The first-order valence-electron chi connectivity index (χ1n) is 10.2. The Hall–Kier alpha value is -2.97. The normalized spacial score (nSPS) is 15.6. The van der Waals surface area contributed by atoms with Gasteiger partial charge in [-0.25, -0.2) is 9.97 Å². The fraction of sp³-hybridized carbons (Fsp3) is 0.154. The van der Waals surface area contributed by atoms with Crippen LogP contribution in [0.4, 0.5) is 0 Å². The van der Waals surface area contributed by atoms with Gasteiger partial charge in [0, 0.05) is 10.9 Å². The number of hydrogen-bond acceptors (Lipinski definition) is 2. The fourth-order valence-electron chi connectivity index (χ4n) is 4.94. The molecule has 2 aliphatic carbocycles. The Morgan fingerprint density at radius 3 is 2.69 bits per heavy atom. The van der Waals surface area contributed by atoms with Crippen LogP contribution >= 0.6 is 11.6 Å². The SMILES string of the molecule is Clc1nc(-c2cccc3ccc4c(c23)CCC2=C4C=CCC2)c2ccccc2n1. The van der Waals surface area contributed by atoms with Crippen molar-refractivity contribution < 1.29 is 0 Å². The predicted molar refractivity (Wildman–Crippen MR) is 121 cm³/mol. The molecule has 0 saturated carbocycles. The van der Waals surface area contributed by atoms with Gasteiger partial charge in [-0.2, -0.15) is 0 Å². The van der Waals surface area contributed by atoms with E-state index in [-0.39, 0.29) is 0 Å². The lowest BCUT2D eigenvalue weighted by Gasteiger charge is -2.26. The molecule has 0 fully saturated rings. The van der Waals surface area contributed by atoms with Gasteiger partial charge in [0.15, 0.2) is 0 Å². The van der Waals surface area contributed by atoms with Crippen molar-refractivity contribution >= 4 is 38.8 Å². The Kier molecular flexibility index (Phi) is 3.82. The molecule has 0 N–H and O–H groups in total. The molecule has 140 valence electrons. The summed E-state index contributed by atoms with van der Waals surface area (Å²) in [5, 5.41) is 3.88. The predicted octanol–water partition coefficient (Wildman–Crippen LogP) is 7.15. The highest BCUT2D eigenvalue weighted by molar-refractivity contribution is 6.29. The van der Waals surface area contributed by atoms with Crippen LogP contribution in [-0.4, -0.2) is 9.97 Å². The Labute approximate surface area is 174 Å². The van der Waals surface area contributed by atoms with E-state index in [9.17, 15) is 0 Å². The van der Waals surface area contributed by atoms with Crippen LogP contribution in [0.15, 0.2) is 72.3 Å². The molecule has 3 aromatic carbocycles.